The van der Waals surface area contributed by atoms with Gasteiger partial charge in [-0.3, -0.25) is 9.48 Å². The Balaban J connectivity index is 1.44. The van der Waals surface area contributed by atoms with Crippen molar-refractivity contribution in [3.63, 3.8) is 0 Å². The Hall–Kier alpha value is -2.31. The van der Waals surface area contributed by atoms with Crippen LogP contribution in [0.1, 0.15) is 53.3 Å². The van der Waals surface area contributed by atoms with Crippen molar-refractivity contribution in [1.82, 2.24) is 24.2 Å². The molecule has 1 saturated heterocycles. The van der Waals surface area contributed by atoms with Gasteiger partial charge in [-0.05, 0) is 56.5 Å². The second kappa shape index (κ2) is 8.82. The summed E-state index contributed by atoms with van der Waals surface area (Å²) in [6, 6.07) is 7.39. The van der Waals surface area contributed by atoms with E-state index in [1.165, 1.54) is 0 Å². The molecule has 0 saturated carbocycles. The normalized spacial score (nSPS) is 15.0. The van der Waals surface area contributed by atoms with Gasteiger partial charge in [0.25, 0.3) is 5.91 Å². The number of carbonyl (C=O) groups is 1. The van der Waals surface area contributed by atoms with Gasteiger partial charge >= 0.3 is 0 Å². The summed E-state index contributed by atoms with van der Waals surface area (Å²) >= 11 is 12.5. The Morgan fingerprint density at radius 1 is 1.20 bits per heavy atom. The maximum Gasteiger partial charge on any atom is 0.272 e. The molecule has 30 heavy (non-hydrogen) atoms. The number of aryl methyl sites for hydroxylation is 2. The smallest absolute Gasteiger partial charge is 0.272 e. The minimum absolute atomic E-state index is 0.0601. The highest BCUT2D eigenvalue weighted by atomic mass is 35.5. The van der Waals surface area contributed by atoms with Crippen molar-refractivity contribution < 1.29 is 4.79 Å². The van der Waals surface area contributed by atoms with E-state index in [-0.39, 0.29) is 5.91 Å². The number of rotatable bonds is 5. The molecule has 8 heteroatoms. The second-order valence-corrected chi connectivity index (χ2v) is 8.55. The lowest BCUT2D eigenvalue weighted by atomic mass is 9.95. The quantitative estimate of drug-likeness (QED) is 0.567. The highest BCUT2D eigenvalue weighted by Gasteiger charge is 2.28. The molecule has 0 radical (unpaired) electrons. The molecule has 6 nitrogen and oxygen atoms in total. The van der Waals surface area contributed by atoms with E-state index in [2.05, 4.69) is 14.6 Å². The van der Waals surface area contributed by atoms with Crippen molar-refractivity contribution in [2.45, 2.75) is 45.7 Å². The van der Waals surface area contributed by atoms with Crippen LogP contribution in [0.5, 0.6) is 0 Å². The van der Waals surface area contributed by atoms with Gasteiger partial charge in [-0.2, -0.15) is 5.10 Å². The van der Waals surface area contributed by atoms with Crippen molar-refractivity contribution >= 4 is 29.1 Å². The molecule has 0 N–H and O–H groups in total. The van der Waals surface area contributed by atoms with Gasteiger partial charge in [-0.15, -0.1) is 0 Å². The van der Waals surface area contributed by atoms with E-state index < -0.39 is 0 Å². The third kappa shape index (κ3) is 4.25. The second-order valence-electron chi connectivity index (χ2n) is 7.70. The zero-order chi connectivity index (χ0) is 21.3. The molecule has 0 bridgehead atoms. The molecule has 4 rings (SSSR count). The number of likely N-dealkylation sites (tertiary alicyclic amines) is 1. The molecule has 0 atom stereocenters. The van der Waals surface area contributed by atoms with Gasteiger partial charge in [-0.25, -0.2) is 4.98 Å². The number of piperidine rings is 1. The first kappa shape index (κ1) is 20.9. The van der Waals surface area contributed by atoms with Gasteiger partial charge < -0.3 is 9.47 Å². The van der Waals surface area contributed by atoms with Crippen LogP contribution in [0.2, 0.25) is 10.0 Å². The Kier molecular flexibility index (Phi) is 6.16. The van der Waals surface area contributed by atoms with Crippen molar-refractivity contribution in [2.75, 3.05) is 13.1 Å². The number of carbonyl (C=O) groups excluding carboxylic acids is 1. The molecule has 1 aliphatic heterocycles. The summed E-state index contributed by atoms with van der Waals surface area (Å²) < 4.78 is 3.92. The number of hydrogen-bond acceptors (Lipinski definition) is 3. The summed E-state index contributed by atoms with van der Waals surface area (Å²) in [5.74, 6) is 1.40. The van der Waals surface area contributed by atoms with E-state index in [0.717, 1.165) is 29.9 Å². The molecular weight excluding hydrogens is 421 g/mol. The minimum atomic E-state index is 0.0601. The van der Waals surface area contributed by atoms with Crippen LogP contribution in [0.3, 0.4) is 0 Å². The lowest BCUT2D eigenvalue weighted by Crippen LogP contribution is -2.39. The SMILES string of the molecule is CCn1nc(C)cc1C(=O)N1CCC(c2nccn2Cc2cc(Cl)ccc2Cl)CC1. The van der Waals surface area contributed by atoms with Crippen molar-refractivity contribution in [3.05, 3.63) is 69.5 Å². The Morgan fingerprint density at radius 2 is 1.97 bits per heavy atom. The van der Waals surface area contributed by atoms with Gasteiger partial charge in [-0.1, -0.05) is 23.2 Å². The van der Waals surface area contributed by atoms with Gasteiger partial charge in [0, 0.05) is 48.0 Å². The maximum absolute atomic E-state index is 13.0. The topological polar surface area (TPSA) is 56.0 Å². The van der Waals surface area contributed by atoms with Crippen molar-refractivity contribution in [2.24, 2.45) is 0 Å². The number of nitrogens with zero attached hydrogens (tertiary/aromatic N) is 5. The third-order valence-electron chi connectivity index (χ3n) is 5.66. The largest absolute Gasteiger partial charge is 0.337 e. The summed E-state index contributed by atoms with van der Waals surface area (Å²) in [4.78, 5) is 19.5. The average Bonchev–Trinajstić information content (AvgIpc) is 3.36. The molecule has 1 amide bonds. The first-order valence-corrected chi connectivity index (χ1v) is 11.0. The van der Waals surface area contributed by atoms with Crippen LogP contribution in [-0.4, -0.2) is 43.2 Å². The van der Waals surface area contributed by atoms with E-state index in [1.54, 1.807) is 10.7 Å². The van der Waals surface area contributed by atoms with Gasteiger partial charge in [0.2, 0.25) is 0 Å². The molecule has 1 aromatic carbocycles. The first-order valence-electron chi connectivity index (χ1n) is 10.2. The van der Waals surface area contributed by atoms with E-state index in [4.69, 9.17) is 23.2 Å². The van der Waals surface area contributed by atoms with Crippen LogP contribution in [-0.2, 0) is 13.1 Å². The molecule has 158 valence electrons. The van der Waals surface area contributed by atoms with Crippen LogP contribution in [0.25, 0.3) is 0 Å². The number of benzene rings is 1. The Bertz CT molecular complexity index is 1050. The van der Waals surface area contributed by atoms with Crippen LogP contribution in [0.15, 0.2) is 36.7 Å². The first-order chi connectivity index (χ1) is 14.5. The molecule has 2 aromatic heterocycles. The fourth-order valence-corrected chi connectivity index (χ4v) is 4.50. The van der Waals surface area contributed by atoms with Crippen LogP contribution >= 0.6 is 23.2 Å². The van der Waals surface area contributed by atoms with Gasteiger partial charge in [0.15, 0.2) is 0 Å². The predicted molar refractivity (Wildman–Crippen MR) is 118 cm³/mol. The van der Waals surface area contributed by atoms with E-state index in [9.17, 15) is 4.79 Å². The third-order valence-corrected chi connectivity index (χ3v) is 6.27. The summed E-state index contributed by atoms with van der Waals surface area (Å²) in [5, 5.41) is 5.77. The zero-order valence-electron chi connectivity index (χ0n) is 17.2. The van der Waals surface area contributed by atoms with Crippen LogP contribution in [0, 0.1) is 6.92 Å². The molecule has 1 aliphatic rings. The molecule has 0 spiro atoms. The fourth-order valence-electron chi connectivity index (χ4n) is 4.12. The van der Waals surface area contributed by atoms with Gasteiger partial charge in [0.1, 0.15) is 11.5 Å². The maximum atomic E-state index is 13.0. The predicted octanol–water partition coefficient (Wildman–Crippen LogP) is 4.78. The van der Waals surface area contributed by atoms with Crippen LogP contribution in [0.4, 0.5) is 0 Å². The number of imidazole rings is 1. The van der Waals surface area contributed by atoms with E-state index in [0.29, 0.717) is 47.8 Å². The molecular formula is C22H25Cl2N5O. The Morgan fingerprint density at radius 3 is 2.70 bits per heavy atom. The minimum Gasteiger partial charge on any atom is -0.337 e. The highest BCUT2D eigenvalue weighted by Crippen LogP contribution is 2.29. The fraction of sp³-hybridized carbons (Fsp3) is 0.409. The van der Waals surface area contributed by atoms with E-state index in [1.807, 2.05) is 49.3 Å². The average molecular weight is 446 g/mol. The number of amides is 1. The summed E-state index contributed by atoms with van der Waals surface area (Å²) in [6.07, 6.45) is 5.57. The molecule has 0 unspecified atom stereocenters. The Labute approximate surface area is 186 Å². The molecule has 0 aliphatic carbocycles. The summed E-state index contributed by atoms with van der Waals surface area (Å²) in [7, 11) is 0. The molecule has 3 heterocycles. The van der Waals surface area contributed by atoms with Gasteiger partial charge in [0.05, 0.1) is 12.2 Å². The van der Waals surface area contributed by atoms with Crippen LogP contribution < -0.4 is 0 Å². The highest BCUT2D eigenvalue weighted by molar-refractivity contribution is 6.33. The monoisotopic (exact) mass is 445 g/mol. The number of hydrogen-bond donors (Lipinski definition) is 0. The number of aromatic nitrogens is 4. The summed E-state index contributed by atoms with van der Waals surface area (Å²) in [5.41, 5.74) is 2.52. The van der Waals surface area contributed by atoms with Crippen molar-refractivity contribution in [1.29, 1.82) is 0 Å². The lowest BCUT2D eigenvalue weighted by Gasteiger charge is -2.32. The zero-order valence-corrected chi connectivity index (χ0v) is 18.7. The lowest BCUT2D eigenvalue weighted by molar-refractivity contribution is 0.0698. The van der Waals surface area contributed by atoms with Crippen molar-refractivity contribution in [3.8, 4) is 0 Å². The standard InChI is InChI=1S/C22H25Cl2N5O/c1-3-29-20(12-15(2)26-29)22(30)27-9-6-16(7-10-27)21-25-8-11-28(21)14-17-13-18(23)4-5-19(17)24/h4-5,8,11-13,16H,3,6-7,9-10,14H2,1-2H3. The molecule has 3 aromatic rings. The summed E-state index contributed by atoms with van der Waals surface area (Å²) in [6.45, 7) is 6.66. The molecule has 1 fully saturated rings. The number of halogens is 2. The van der Waals surface area contributed by atoms with E-state index >= 15 is 0 Å².